The molecule has 0 unspecified atom stereocenters. The second-order valence-corrected chi connectivity index (χ2v) is 3.88. The smallest absolute Gasteiger partial charge is 0.328 e. The molecule has 2 aromatic rings. The summed E-state index contributed by atoms with van der Waals surface area (Å²) in [5.74, 6) is 0. The van der Waals surface area contributed by atoms with Crippen LogP contribution in [0.1, 0.15) is 0 Å². The van der Waals surface area contributed by atoms with Crippen molar-refractivity contribution in [1.82, 2.24) is 18.7 Å². The minimum Gasteiger partial charge on any atom is -0.328 e. The normalized spacial score (nSPS) is 10.8. The highest BCUT2D eigenvalue weighted by molar-refractivity contribution is 5.69. The maximum atomic E-state index is 12.1. The molecule has 0 saturated carbocycles. The van der Waals surface area contributed by atoms with Gasteiger partial charge in [-0.2, -0.15) is 0 Å². The number of nitrogens with zero attached hydrogens (tertiary/aromatic N) is 5. The van der Waals surface area contributed by atoms with E-state index < -0.39 is 16.3 Å². The first-order valence-corrected chi connectivity index (χ1v) is 5.31. The number of rotatable bonds is 4. The number of hydrogen-bond acceptors (Lipinski definition) is 6. The Labute approximate surface area is 105 Å². The third-order valence-electron chi connectivity index (χ3n) is 2.71. The first-order chi connectivity index (χ1) is 8.93. The van der Waals surface area contributed by atoms with E-state index >= 15 is 0 Å². The summed E-state index contributed by atoms with van der Waals surface area (Å²) in [6.07, 6.45) is 1.42. The van der Waals surface area contributed by atoms with Gasteiger partial charge in [0.1, 0.15) is 6.61 Å². The molecule has 0 bridgehead atoms. The zero-order valence-electron chi connectivity index (χ0n) is 10.3. The van der Waals surface area contributed by atoms with Crippen molar-refractivity contribution in [2.75, 3.05) is 6.61 Å². The van der Waals surface area contributed by atoms with E-state index in [1.165, 1.54) is 22.5 Å². The molecule has 2 rings (SSSR count). The topological polar surface area (TPSA) is 114 Å². The van der Waals surface area contributed by atoms with E-state index in [1.807, 2.05) is 0 Å². The van der Waals surface area contributed by atoms with E-state index in [1.54, 1.807) is 7.05 Å². The number of aromatic nitrogens is 4. The van der Waals surface area contributed by atoms with E-state index in [-0.39, 0.29) is 24.3 Å². The number of fused-ring (bicyclic) bond motifs is 1. The van der Waals surface area contributed by atoms with Gasteiger partial charge in [0.25, 0.3) is 10.6 Å². The Morgan fingerprint density at radius 2 is 2.11 bits per heavy atom. The summed E-state index contributed by atoms with van der Waals surface area (Å²) in [4.78, 5) is 42.2. The summed E-state index contributed by atoms with van der Waals surface area (Å²) >= 11 is 0. The monoisotopic (exact) mass is 269 g/mol. The third-order valence-corrected chi connectivity index (χ3v) is 2.71. The lowest BCUT2D eigenvalue weighted by Gasteiger charge is -2.07. The van der Waals surface area contributed by atoms with Crippen LogP contribution in [0.2, 0.25) is 0 Å². The second-order valence-electron chi connectivity index (χ2n) is 3.88. The van der Waals surface area contributed by atoms with Crippen LogP contribution in [0.4, 0.5) is 0 Å². The minimum absolute atomic E-state index is 0.201. The van der Waals surface area contributed by atoms with E-state index in [4.69, 9.17) is 0 Å². The van der Waals surface area contributed by atoms with E-state index in [2.05, 4.69) is 9.82 Å². The number of aryl methyl sites for hydroxylation is 2. The Balaban J connectivity index is 2.55. The molecule has 0 fully saturated rings. The molecule has 0 spiro atoms. The quantitative estimate of drug-likeness (QED) is 0.500. The molecule has 0 radical (unpaired) electrons. The maximum absolute atomic E-state index is 12.1. The van der Waals surface area contributed by atoms with Crippen molar-refractivity contribution in [1.29, 1.82) is 0 Å². The van der Waals surface area contributed by atoms with Crippen molar-refractivity contribution >= 4 is 11.2 Å². The zero-order chi connectivity index (χ0) is 14.2. The van der Waals surface area contributed by atoms with Gasteiger partial charge in [0, 0.05) is 14.1 Å². The molecule has 19 heavy (non-hydrogen) atoms. The number of imidazole rings is 1. The molecule has 10 heteroatoms. The average molecular weight is 269 g/mol. The molecule has 0 aliphatic heterocycles. The molecule has 0 atom stereocenters. The highest BCUT2D eigenvalue weighted by atomic mass is 16.9. The van der Waals surface area contributed by atoms with Crippen LogP contribution in [0.15, 0.2) is 15.9 Å². The number of hydrogen-bond donors (Lipinski definition) is 0. The fraction of sp³-hybridized carbons (Fsp3) is 0.444. The Bertz CT molecular complexity index is 755. The van der Waals surface area contributed by atoms with Gasteiger partial charge in [-0.05, 0) is 0 Å². The van der Waals surface area contributed by atoms with Gasteiger partial charge in [-0.15, -0.1) is 10.1 Å². The molecule has 0 saturated heterocycles. The standard InChI is InChI=1S/C9H11N5O5/c1-11-5-10-7-6(11)8(15)13(9(16)12(7)2)3-4-19-14(17)18/h5H,3-4H2,1-2H3. The predicted octanol–water partition coefficient (Wildman–Crippen LogP) is -1.36. The molecule has 10 nitrogen and oxygen atoms in total. The van der Waals surface area contributed by atoms with Crippen molar-refractivity contribution in [3.05, 3.63) is 37.3 Å². The van der Waals surface area contributed by atoms with E-state index in [0.29, 0.717) is 0 Å². The van der Waals surface area contributed by atoms with Gasteiger partial charge in [-0.1, -0.05) is 0 Å². The van der Waals surface area contributed by atoms with Crippen molar-refractivity contribution < 1.29 is 9.92 Å². The summed E-state index contributed by atoms with van der Waals surface area (Å²) < 4.78 is 3.58. The predicted molar refractivity (Wildman–Crippen MR) is 63.2 cm³/mol. The van der Waals surface area contributed by atoms with E-state index in [0.717, 1.165) is 4.57 Å². The first kappa shape index (κ1) is 12.8. The van der Waals surface area contributed by atoms with Gasteiger partial charge in [0.15, 0.2) is 11.2 Å². The highest BCUT2D eigenvalue weighted by Gasteiger charge is 2.14. The fourth-order valence-corrected chi connectivity index (χ4v) is 1.80. The molecule has 2 aromatic heterocycles. The average Bonchev–Trinajstić information content (AvgIpc) is 2.73. The summed E-state index contributed by atoms with van der Waals surface area (Å²) in [6, 6.07) is 0. The molecular weight excluding hydrogens is 258 g/mol. The van der Waals surface area contributed by atoms with Gasteiger partial charge in [-0.25, -0.2) is 9.78 Å². The lowest BCUT2D eigenvalue weighted by molar-refractivity contribution is -0.758. The van der Waals surface area contributed by atoms with Crippen LogP contribution in [-0.2, 0) is 25.5 Å². The summed E-state index contributed by atoms with van der Waals surface area (Å²) in [7, 11) is 3.10. The van der Waals surface area contributed by atoms with Gasteiger partial charge in [-0.3, -0.25) is 13.9 Å². The first-order valence-electron chi connectivity index (χ1n) is 5.31. The Morgan fingerprint density at radius 1 is 1.42 bits per heavy atom. The van der Waals surface area contributed by atoms with Crippen LogP contribution < -0.4 is 11.2 Å². The van der Waals surface area contributed by atoms with Crippen LogP contribution in [0.3, 0.4) is 0 Å². The molecular formula is C9H11N5O5. The molecule has 0 amide bonds. The van der Waals surface area contributed by atoms with Gasteiger partial charge >= 0.3 is 5.69 Å². The molecule has 2 heterocycles. The van der Waals surface area contributed by atoms with Crippen molar-refractivity contribution in [2.24, 2.45) is 14.1 Å². The van der Waals surface area contributed by atoms with Crippen LogP contribution >= 0.6 is 0 Å². The summed E-state index contributed by atoms with van der Waals surface area (Å²) in [6.45, 7) is -0.570. The van der Waals surface area contributed by atoms with Crippen LogP contribution in [0.5, 0.6) is 0 Å². The van der Waals surface area contributed by atoms with Gasteiger partial charge < -0.3 is 9.40 Å². The largest absolute Gasteiger partial charge is 0.332 e. The Morgan fingerprint density at radius 3 is 2.74 bits per heavy atom. The third kappa shape index (κ3) is 2.07. The lowest BCUT2D eigenvalue weighted by atomic mass is 10.5. The van der Waals surface area contributed by atoms with Gasteiger partial charge in [0.2, 0.25) is 0 Å². The van der Waals surface area contributed by atoms with Crippen LogP contribution in [0.25, 0.3) is 11.2 Å². The van der Waals surface area contributed by atoms with E-state index in [9.17, 15) is 19.7 Å². The minimum atomic E-state index is -0.974. The van der Waals surface area contributed by atoms with Crippen molar-refractivity contribution in [3.8, 4) is 0 Å². The summed E-state index contributed by atoms with van der Waals surface area (Å²) in [5, 5.41) is 9.08. The lowest BCUT2D eigenvalue weighted by Crippen LogP contribution is -2.40. The molecule has 0 aromatic carbocycles. The zero-order valence-corrected chi connectivity index (χ0v) is 10.3. The Hall–Kier alpha value is -2.65. The van der Waals surface area contributed by atoms with Crippen LogP contribution in [-0.4, -0.2) is 30.4 Å². The molecule has 0 aliphatic rings. The van der Waals surface area contributed by atoms with Gasteiger partial charge in [0.05, 0.1) is 12.9 Å². The maximum Gasteiger partial charge on any atom is 0.332 e. The highest BCUT2D eigenvalue weighted by Crippen LogP contribution is 2.02. The van der Waals surface area contributed by atoms with Crippen molar-refractivity contribution in [3.63, 3.8) is 0 Å². The SMILES string of the molecule is Cn1cnc2c1c(=O)n(CCO[N+](=O)[O-])c(=O)n2C. The molecule has 0 aliphatic carbocycles. The Kier molecular flexibility index (Phi) is 3.07. The van der Waals surface area contributed by atoms with Crippen LogP contribution in [0, 0.1) is 10.1 Å². The second kappa shape index (κ2) is 4.55. The molecule has 102 valence electrons. The fourth-order valence-electron chi connectivity index (χ4n) is 1.80. The summed E-state index contributed by atoms with van der Waals surface area (Å²) in [5.41, 5.74) is -0.625. The molecule has 0 N–H and O–H groups in total. The van der Waals surface area contributed by atoms with Crippen molar-refractivity contribution in [2.45, 2.75) is 6.54 Å².